The smallest absolute Gasteiger partial charge is 0.236 e. The first-order valence-electron chi connectivity index (χ1n) is 4.93. The molecule has 4 nitrogen and oxygen atoms in total. The van der Waals surface area contributed by atoms with E-state index in [1.165, 1.54) is 0 Å². The highest BCUT2D eigenvalue weighted by molar-refractivity contribution is 5.81. The van der Waals surface area contributed by atoms with E-state index in [1.54, 1.807) is 0 Å². The maximum Gasteiger partial charge on any atom is 0.236 e. The number of carbonyl (C=O) groups excluding carboxylic acids is 1. The van der Waals surface area contributed by atoms with Gasteiger partial charge in [0.1, 0.15) is 0 Å². The Morgan fingerprint density at radius 1 is 1.46 bits per heavy atom. The zero-order valence-corrected chi connectivity index (χ0v) is 8.60. The maximum atomic E-state index is 11.3. The van der Waals surface area contributed by atoms with Crippen molar-refractivity contribution in [3.8, 4) is 0 Å². The first kappa shape index (κ1) is 12.4. The van der Waals surface area contributed by atoms with Gasteiger partial charge in [-0.3, -0.25) is 4.79 Å². The molecular weight excluding hydrogens is 166 g/mol. The van der Waals surface area contributed by atoms with Crippen LogP contribution in [0, 0.1) is 0 Å². The van der Waals surface area contributed by atoms with Gasteiger partial charge in [-0.15, -0.1) is 0 Å². The third-order valence-electron chi connectivity index (χ3n) is 1.77. The van der Waals surface area contributed by atoms with Crippen LogP contribution < -0.4 is 16.4 Å². The van der Waals surface area contributed by atoms with Crippen LogP contribution in [-0.2, 0) is 4.79 Å². The topological polar surface area (TPSA) is 67.2 Å². The Kier molecular flexibility index (Phi) is 7.63. The molecule has 13 heavy (non-hydrogen) atoms. The Labute approximate surface area is 80.3 Å². The molecule has 0 radical (unpaired) electrons. The molecule has 0 spiro atoms. The lowest BCUT2D eigenvalue weighted by Crippen LogP contribution is -2.42. The molecule has 4 heteroatoms. The lowest BCUT2D eigenvalue weighted by Gasteiger charge is -2.12. The predicted octanol–water partition coefficient (Wildman–Crippen LogP) is -0.160. The molecule has 0 saturated carbocycles. The molecule has 0 saturated heterocycles. The van der Waals surface area contributed by atoms with E-state index in [9.17, 15) is 4.79 Å². The molecule has 0 aliphatic heterocycles. The summed E-state index contributed by atoms with van der Waals surface area (Å²) in [5.74, 6) is 0.0684. The molecule has 0 heterocycles. The fourth-order valence-corrected chi connectivity index (χ4v) is 0.915. The van der Waals surface area contributed by atoms with E-state index in [4.69, 9.17) is 5.73 Å². The highest BCUT2D eigenvalue weighted by Gasteiger charge is 2.09. The van der Waals surface area contributed by atoms with Crippen LogP contribution >= 0.6 is 0 Å². The Hall–Kier alpha value is -0.610. The molecule has 1 amide bonds. The molecule has 4 N–H and O–H groups in total. The van der Waals surface area contributed by atoms with Crippen molar-refractivity contribution in [2.45, 2.75) is 32.7 Å². The van der Waals surface area contributed by atoms with Gasteiger partial charge in [0, 0.05) is 6.54 Å². The van der Waals surface area contributed by atoms with Crippen molar-refractivity contribution in [3.05, 3.63) is 0 Å². The largest absolute Gasteiger partial charge is 0.355 e. The molecule has 0 aliphatic carbocycles. The zero-order valence-electron chi connectivity index (χ0n) is 8.60. The minimum atomic E-state index is -0.113. The average molecular weight is 187 g/mol. The molecule has 0 fully saturated rings. The van der Waals surface area contributed by atoms with Gasteiger partial charge >= 0.3 is 0 Å². The normalized spacial score (nSPS) is 12.5. The zero-order chi connectivity index (χ0) is 10.1. The fourth-order valence-electron chi connectivity index (χ4n) is 0.915. The van der Waals surface area contributed by atoms with E-state index in [2.05, 4.69) is 10.6 Å². The van der Waals surface area contributed by atoms with Gasteiger partial charge in [0.2, 0.25) is 5.91 Å². The third kappa shape index (κ3) is 6.54. The molecular formula is C9H21N3O. The summed E-state index contributed by atoms with van der Waals surface area (Å²) in [6.07, 6.45) is 1.88. The quantitative estimate of drug-likeness (QED) is 0.485. The van der Waals surface area contributed by atoms with Crippen LogP contribution in [0.25, 0.3) is 0 Å². The lowest BCUT2D eigenvalue weighted by atomic mass is 10.3. The number of nitrogens with one attached hydrogen (secondary N) is 2. The number of hydrogen-bond acceptors (Lipinski definition) is 3. The van der Waals surface area contributed by atoms with Gasteiger partial charge < -0.3 is 16.4 Å². The summed E-state index contributed by atoms with van der Waals surface area (Å²) in [6, 6.07) is -0.113. The second-order valence-electron chi connectivity index (χ2n) is 3.11. The number of amides is 1. The highest BCUT2D eigenvalue weighted by atomic mass is 16.2. The van der Waals surface area contributed by atoms with Gasteiger partial charge in [0.15, 0.2) is 0 Å². The van der Waals surface area contributed by atoms with Gasteiger partial charge in [0.25, 0.3) is 0 Å². The molecule has 1 atom stereocenters. The molecule has 0 aromatic heterocycles. The molecule has 0 rings (SSSR count). The van der Waals surface area contributed by atoms with Crippen LogP contribution in [0.3, 0.4) is 0 Å². The number of nitrogens with two attached hydrogens (primary N) is 1. The maximum absolute atomic E-state index is 11.3. The minimum Gasteiger partial charge on any atom is -0.355 e. The first-order chi connectivity index (χ1) is 6.22. The van der Waals surface area contributed by atoms with Crippen LogP contribution in [0.15, 0.2) is 0 Å². The third-order valence-corrected chi connectivity index (χ3v) is 1.77. The second-order valence-corrected chi connectivity index (χ2v) is 3.11. The average Bonchev–Trinajstić information content (AvgIpc) is 2.14. The van der Waals surface area contributed by atoms with Crippen LogP contribution in [0.5, 0.6) is 0 Å². The summed E-state index contributed by atoms with van der Waals surface area (Å²) in [6.45, 7) is 6.11. The molecule has 0 aliphatic rings. The fraction of sp³-hybridized carbons (Fsp3) is 0.889. The van der Waals surface area contributed by atoms with Crippen LogP contribution in [0.1, 0.15) is 26.7 Å². The van der Waals surface area contributed by atoms with Gasteiger partial charge in [-0.25, -0.2) is 0 Å². The Morgan fingerprint density at radius 2 is 2.15 bits per heavy atom. The summed E-state index contributed by atoms with van der Waals surface area (Å²) in [5.41, 5.74) is 5.33. The summed E-state index contributed by atoms with van der Waals surface area (Å²) in [7, 11) is 0. The van der Waals surface area contributed by atoms with E-state index < -0.39 is 0 Å². The SMILES string of the molecule is CCCNC(=O)C(C)NCCCN. The van der Waals surface area contributed by atoms with E-state index in [0.29, 0.717) is 6.54 Å². The van der Waals surface area contributed by atoms with Gasteiger partial charge in [0.05, 0.1) is 6.04 Å². The van der Waals surface area contributed by atoms with Gasteiger partial charge in [-0.2, -0.15) is 0 Å². The van der Waals surface area contributed by atoms with E-state index in [0.717, 1.165) is 25.9 Å². The van der Waals surface area contributed by atoms with Crippen molar-refractivity contribution < 1.29 is 4.79 Å². The number of hydrogen-bond donors (Lipinski definition) is 3. The van der Waals surface area contributed by atoms with Crippen molar-refractivity contribution in [2.75, 3.05) is 19.6 Å². The van der Waals surface area contributed by atoms with E-state index >= 15 is 0 Å². The Morgan fingerprint density at radius 3 is 2.69 bits per heavy atom. The summed E-state index contributed by atoms with van der Waals surface area (Å²) < 4.78 is 0. The van der Waals surface area contributed by atoms with E-state index in [1.807, 2.05) is 13.8 Å². The lowest BCUT2D eigenvalue weighted by molar-refractivity contribution is -0.122. The summed E-state index contributed by atoms with van der Waals surface area (Å²) in [5, 5.41) is 5.93. The minimum absolute atomic E-state index is 0.0684. The van der Waals surface area contributed by atoms with Gasteiger partial charge in [-0.1, -0.05) is 6.92 Å². The molecule has 1 unspecified atom stereocenters. The Balaban J connectivity index is 3.45. The Bertz CT molecular complexity index is 139. The molecule has 0 bridgehead atoms. The van der Waals surface area contributed by atoms with Gasteiger partial charge in [-0.05, 0) is 32.9 Å². The number of carbonyl (C=O) groups is 1. The molecule has 0 aromatic carbocycles. The van der Waals surface area contributed by atoms with Crippen LogP contribution in [0.2, 0.25) is 0 Å². The molecule has 78 valence electrons. The second kappa shape index (κ2) is 8.01. The summed E-state index contributed by atoms with van der Waals surface area (Å²) >= 11 is 0. The van der Waals surface area contributed by atoms with Crippen LogP contribution in [0.4, 0.5) is 0 Å². The van der Waals surface area contributed by atoms with Crippen molar-refractivity contribution >= 4 is 5.91 Å². The van der Waals surface area contributed by atoms with Crippen LogP contribution in [-0.4, -0.2) is 31.6 Å². The van der Waals surface area contributed by atoms with Crippen molar-refractivity contribution in [3.63, 3.8) is 0 Å². The predicted molar refractivity (Wildman–Crippen MR) is 54.4 cm³/mol. The first-order valence-corrected chi connectivity index (χ1v) is 4.93. The molecule has 0 aromatic rings. The van der Waals surface area contributed by atoms with Crippen molar-refractivity contribution in [1.29, 1.82) is 0 Å². The standard InChI is InChI=1S/C9H21N3O/c1-3-6-12-9(13)8(2)11-7-4-5-10/h8,11H,3-7,10H2,1-2H3,(H,12,13). The van der Waals surface area contributed by atoms with E-state index in [-0.39, 0.29) is 11.9 Å². The number of rotatable bonds is 7. The monoisotopic (exact) mass is 187 g/mol. The van der Waals surface area contributed by atoms with Crippen molar-refractivity contribution in [2.24, 2.45) is 5.73 Å². The van der Waals surface area contributed by atoms with Crippen molar-refractivity contribution in [1.82, 2.24) is 10.6 Å². The summed E-state index contributed by atoms with van der Waals surface area (Å²) in [4.78, 5) is 11.3. The highest BCUT2D eigenvalue weighted by Crippen LogP contribution is 1.83.